The number of benzene rings is 1. The number of nitrogens with one attached hydrogen (secondary N) is 1. The number of rotatable bonds is 10. The zero-order valence-corrected chi connectivity index (χ0v) is 15.6. The maximum Gasteiger partial charge on any atom is 0.213 e. The van der Waals surface area contributed by atoms with Crippen LogP contribution >= 0.6 is 15.9 Å². The van der Waals surface area contributed by atoms with E-state index in [2.05, 4.69) is 33.2 Å². The molecule has 0 aliphatic rings. The summed E-state index contributed by atoms with van der Waals surface area (Å²) >= 11 is 3.56. The summed E-state index contributed by atoms with van der Waals surface area (Å²) in [5.74, 6) is 2.13. The van der Waals surface area contributed by atoms with Gasteiger partial charge < -0.3 is 19.5 Å². The van der Waals surface area contributed by atoms with Crippen molar-refractivity contribution in [3.63, 3.8) is 0 Å². The van der Waals surface area contributed by atoms with Gasteiger partial charge in [0, 0.05) is 25.4 Å². The second kappa shape index (κ2) is 10.2. The maximum absolute atomic E-state index is 5.74. The third-order valence-electron chi connectivity index (χ3n) is 3.24. The van der Waals surface area contributed by atoms with Crippen LogP contribution < -0.4 is 19.5 Å². The minimum absolute atomic E-state index is 0.563. The molecule has 1 aromatic carbocycles. The smallest absolute Gasteiger partial charge is 0.213 e. The Hall–Kier alpha value is -1.79. The summed E-state index contributed by atoms with van der Waals surface area (Å²) in [7, 11) is 1.65. The molecule has 0 saturated carbocycles. The standard InChI is InChI=1S/C18H23BrN2O3/c1-3-9-24-18-15(19)11-14(12-16(18)22-2)13-20-8-10-23-17-6-4-5-7-21-17/h4-7,11-12,20H,3,8-10,13H2,1-2H3. The van der Waals surface area contributed by atoms with Gasteiger partial charge in [0.1, 0.15) is 6.61 Å². The molecular weight excluding hydrogens is 372 g/mol. The molecule has 0 amide bonds. The molecule has 0 spiro atoms. The monoisotopic (exact) mass is 394 g/mol. The summed E-state index contributed by atoms with van der Waals surface area (Å²) in [6.45, 7) is 4.75. The Kier molecular flexibility index (Phi) is 7.85. The first-order valence-corrected chi connectivity index (χ1v) is 8.77. The second-order valence-corrected chi connectivity index (χ2v) is 6.01. The molecule has 5 nitrogen and oxygen atoms in total. The van der Waals surface area contributed by atoms with Crippen molar-refractivity contribution in [3.05, 3.63) is 46.6 Å². The van der Waals surface area contributed by atoms with Crippen LogP contribution in [0.1, 0.15) is 18.9 Å². The van der Waals surface area contributed by atoms with E-state index < -0.39 is 0 Å². The van der Waals surface area contributed by atoms with Crippen molar-refractivity contribution in [3.8, 4) is 17.4 Å². The van der Waals surface area contributed by atoms with Crippen molar-refractivity contribution in [1.82, 2.24) is 10.3 Å². The van der Waals surface area contributed by atoms with Gasteiger partial charge in [-0.3, -0.25) is 0 Å². The molecule has 24 heavy (non-hydrogen) atoms. The lowest BCUT2D eigenvalue weighted by atomic mass is 10.2. The number of nitrogens with zero attached hydrogens (tertiary/aromatic N) is 1. The van der Waals surface area contributed by atoms with Crippen molar-refractivity contribution >= 4 is 15.9 Å². The molecule has 1 N–H and O–H groups in total. The molecule has 0 fully saturated rings. The van der Waals surface area contributed by atoms with Crippen LogP contribution in [-0.2, 0) is 6.54 Å². The van der Waals surface area contributed by atoms with Gasteiger partial charge in [-0.25, -0.2) is 4.98 Å². The van der Waals surface area contributed by atoms with Gasteiger partial charge in [0.25, 0.3) is 0 Å². The molecule has 0 unspecified atom stereocenters. The lowest BCUT2D eigenvalue weighted by molar-refractivity contribution is 0.291. The molecule has 0 aliphatic carbocycles. The SMILES string of the molecule is CCCOc1c(Br)cc(CNCCOc2ccccn2)cc1OC. The van der Waals surface area contributed by atoms with Gasteiger partial charge in [0.2, 0.25) is 5.88 Å². The Bertz CT molecular complexity index is 623. The first-order valence-electron chi connectivity index (χ1n) is 7.98. The Morgan fingerprint density at radius 1 is 1.17 bits per heavy atom. The normalized spacial score (nSPS) is 10.5. The summed E-state index contributed by atoms with van der Waals surface area (Å²) in [5, 5.41) is 3.34. The highest BCUT2D eigenvalue weighted by atomic mass is 79.9. The highest BCUT2D eigenvalue weighted by molar-refractivity contribution is 9.10. The first-order chi connectivity index (χ1) is 11.7. The van der Waals surface area contributed by atoms with Crippen LogP contribution in [0.2, 0.25) is 0 Å². The fourth-order valence-electron chi connectivity index (χ4n) is 2.11. The fraction of sp³-hybridized carbons (Fsp3) is 0.389. The van der Waals surface area contributed by atoms with Crippen LogP contribution in [0.3, 0.4) is 0 Å². The molecule has 130 valence electrons. The van der Waals surface area contributed by atoms with E-state index >= 15 is 0 Å². The van der Waals surface area contributed by atoms with Crippen molar-refractivity contribution in [2.24, 2.45) is 0 Å². The van der Waals surface area contributed by atoms with E-state index in [0.29, 0.717) is 25.6 Å². The molecule has 2 aromatic rings. The predicted molar refractivity (Wildman–Crippen MR) is 97.9 cm³/mol. The van der Waals surface area contributed by atoms with Crippen molar-refractivity contribution in [2.75, 3.05) is 26.9 Å². The van der Waals surface area contributed by atoms with E-state index in [4.69, 9.17) is 14.2 Å². The van der Waals surface area contributed by atoms with Crippen LogP contribution in [0.4, 0.5) is 0 Å². The quantitative estimate of drug-likeness (QED) is 0.620. The summed E-state index contributed by atoms with van der Waals surface area (Å²) in [6.07, 6.45) is 2.67. The molecule has 0 radical (unpaired) electrons. The highest BCUT2D eigenvalue weighted by Gasteiger charge is 2.11. The Morgan fingerprint density at radius 3 is 2.75 bits per heavy atom. The largest absolute Gasteiger partial charge is 0.493 e. The van der Waals surface area contributed by atoms with Crippen molar-refractivity contribution in [1.29, 1.82) is 0 Å². The van der Waals surface area contributed by atoms with Crippen LogP contribution in [-0.4, -0.2) is 31.9 Å². The number of pyridine rings is 1. The molecule has 1 heterocycles. The fourth-order valence-corrected chi connectivity index (χ4v) is 2.72. The van der Waals surface area contributed by atoms with E-state index in [1.165, 1.54) is 0 Å². The summed E-state index contributed by atoms with van der Waals surface area (Å²) < 4.78 is 17.6. The molecule has 0 bridgehead atoms. The minimum atomic E-state index is 0.563. The maximum atomic E-state index is 5.74. The lowest BCUT2D eigenvalue weighted by Gasteiger charge is -2.14. The molecule has 0 atom stereocenters. The van der Waals surface area contributed by atoms with Crippen LogP contribution in [0.25, 0.3) is 0 Å². The van der Waals surface area contributed by atoms with E-state index in [9.17, 15) is 0 Å². The zero-order chi connectivity index (χ0) is 17.2. The van der Waals surface area contributed by atoms with Crippen molar-refractivity contribution in [2.45, 2.75) is 19.9 Å². The van der Waals surface area contributed by atoms with Gasteiger partial charge in [-0.05, 0) is 46.1 Å². The van der Waals surface area contributed by atoms with Crippen molar-refractivity contribution < 1.29 is 14.2 Å². The average molecular weight is 395 g/mol. The van der Waals surface area contributed by atoms with Gasteiger partial charge in [0.15, 0.2) is 11.5 Å². The van der Waals surface area contributed by atoms with Gasteiger partial charge in [-0.15, -0.1) is 0 Å². The highest BCUT2D eigenvalue weighted by Crippen LogP contribution is 2.36. The molecule has 2 rings (SSSR count). The van der Waals surface area contributed by atoms with E-state index in [-0.39, 0.29) is 0 Å². The van der Waals surface area contributed by atoms with Gasteiger partial charge in [-0.2, -0.15) is 0 Å². The Labute approximate surface area is 151 Å². The Morgan fingerprint density at radius 2 is 2.04 bits per heavy atom. The van der Waals surface area contributed by atoms with Crippen LogP contribution in [0.5, 0.6) is 17.4 Å². The summed E-state index contributed by atoms with van der Waals surface area (Å²) in [6, 6.07) is 9.64. The van der Waals surface area contributed by atoms with Gasteiger partial charge in [0.05, 0.1) is 18.2 Å². The summed E-state index contributed by atoms with van der Waals surface area (Å²) in [5.41, 5.74) is 1.11. The second-order valence-electron chi connectivity index (χ2n) is 5.15. The van der Waals surface area contributed by atoms with Crippen LogP contribution in [0.15, 0.2) is 41.0 Å². The van der Waals surface area contributed by atoms with Gasteiger partial charge >= 0.3 is 0 Å². The zero-order valence-electron chi connectivity index (χ0n) is 14.0. The topological polar surface area (TPSA) is 52.6 Å². The Balaban J connectivity index is 1.82. The summed E-state index contributed by atoms with van der Waals surface area (Å²) in [4.78, 5) is 4.12. The van der Waals surface area contributed by atoms with Crippen LogP contribution in [0, 0.1) is 0 Å². The first kappa shape index (κ1) is 18.5. The predicted octanol–water partition coefficient (Wildman–Crippen LogP) is 3.81. The third-order valence-corrected chi connectivity index (χ3v) is 3.82. The molecule has 6 heteroatoms. The van der Waals surface area contributed by atoms with Gasteiger partial charge in [-0.1, -0.05) is 13.0 Å². The third kappa shape index (κ3) is 5.69. The molecule has 0 aliphatic heterocycles. The molecular formula is C18H23BrN2O3. The van der Waals surface area contributed by atoms with E-state index in [1.807, 2.05) is 30.3 Å². The average Bonchev–Trinajstić information content (AvgIpc) is 2.61. The number of halogens is 1. The van der Waals surface area contributed by atoms with E-state index in [1.54, 1.807) is 13.3 Å². The number of ether oxygens (including phenoxy) is 3. The number of hydrogen-bond donors (Lipinski definition) is 1. The number of aromatic nitrogens is 1. The number of hydrogen-bond acceptors (Lipinski definition) is 5. The number of methoxy groups -OCH3 is 1. The minimum Gasteiger partial charge on any atom is -0.493 e. The van der Waals surface area contributed by atoms with E-state index in [0.717, 1.165) is 34.5 Å². The lowest BCUT2D eigenvalue weighted by Crippen LogP contribution is -2.20. The molecule has 1 aromatic heterocycles. The molecule has 0 saturated heterocycles.